The van der Waals surface area contributed by atoms with Gasteiger partial charge in [0.2, 0.25) is 0 Å². The summed E-state index contributed by atoms with van der Waals surface area (Å²) in [6, 6.07) is 0. The minimum atomic E-state index is -8.95. The Bertz CT molecular complexity index is 879. The first-order chi connectivity index (χ1) is 14.7. The van der Waals surface area contributed by atoms with Crippen molar-refractivity contribution in [2.75, 3.05) is 0 Å². The molecule has 0 aliphatic carbocycles. The summed E-state index contributed by atoms with van der Waals surface area (Å²) in [4.78, 5) is 0. The fourth-order valence-corrected chi connectivity index (χ4v) is 2.47. The topological polar surface area (TPSA) is 57.2 Å². The number of rotatable bonds is 11. The van der Waals surface area contributed by atoms with Gasteiger partial charge in [0, 0.05) is 12.8 Å². The third-order valence-electron chi connectivity index (χ3n) is 4.06. The number of hydrogen-bond donors (Lipinski definition) is 0. The maximum Gasteiger partial charge on any atom is 1.00 e. The Morgan fingerprint density at radius 1 is 0.472 bits per heavy atom. The molecular formula is C12H6F19NaO3S. The zero-order valence-corrected chi connectivity index (χ0v) is 19.3. The van der Waals surface area contributed by atoms with Crippen LogP contribution in [0.25, 0.3) is 0 Å². The summed E-state index contributed by atoms with van der Waals surface area (Å²) in [5.41, 5.74) is 0. The summed E-state index contributed by atoms with van der Waals surface area (Å²) in [6.07, 6.45) is -13.4. The van der Waals surface area contributed by atoms with Crippen molar-refractivity contribution in [1.82, 2.24) is 0 Å². The van der Waals surface area contributed by atoms with Crippen LogP contribution >= 0.6 is 0 Å². The Kier molecular flexibility index (Phi) is 10.4. The Balaban J connectivity index is 0. The van der Waals surface area contributed by atoms with Gasteiger partial charge in [0.05, 0.1) is 0 Å². The van der Waals surface area contributed by atoms with Crippen molar-refractivity contribution in [1.29, 1.82) is 0 Å². The first-order valence-electron chi connectivity index (χ1n) is 7.75. The molecule has 0 rings (SSSR count). The number of hydrogen-bond acceptors (Lipinski definition) is 3. The molecule has 212 valence electrons. The second kappa shape index (κ2) is 9.96. The maximum atomic E-state index is 13.5. The van der Waals surface area contributed by atoms with Gasteiger partial charge in [-0.2, -0.15) is 83.4 Å². The number of halogens is 19. The summed E-state index contributed by atoms with van der Waals surface area (Å²) < 4.78 is 278. The first-order valence-corrected chi connectivity index (χ1v) is 9.16. The van der Waals surface area contributed by atoms with Crippen molar-refractivity contribution < 1.29 is 126 Å². The average molecular weight is 614 g/mol. The molecule has 3 nitrogen and oxygen atoms in total. The largest absolute Gasteiger partial charge is 1.00 e. The minimum absolute atomic E-state index is 0. The quantitative estimate of drug-likeness (QED) is 0.204. The summed E-state index contributed by atoms with van der Waals surface area (Å²) in [7, 11) is -8.20. The van der Waals surface area contributed by atoms with E-state index >= 15 is 0 Å². The van der Waals surface area contributed by atoms with Gasteiger partial charge in [-0.3, -0.25) is 0 Å². The van der Waals surface area contributed by atoms with Crippen LogP contribution in [0, 0.1) is 0 Å². The predicted octanol–water partition coefficient (Wildman–Crippen LogP) is 3.31. The van der Waals surface area contributed by atoms with Gasteiger partial charge in [0.25, 0.3) is 0 Å². The van der Waals surface area contributed by atoms with Crippen LogP contribution < -0.4 is 29.6 Å². The van der Waals surface area contributed by atoms with Gasteiger partial charge in [-0.05, 0) is 6.42 Å². The van der Waals surface area contributed by atoms with Crippen molar-refractivity contribution in [2.45, 2.75) is 72.2 Å². The first kappa shape index (κ1) is 37.7. The molecule has 0 atom stereocenters. The molecule has 0 fully saturated rings. The second-order valence-electron chi connectivity index (χ2n) is 6.59. The summed E-state index contributed by atoms with van der Waals surface area (Å²) in [5.74, 6) is -58.8. The van der Waals surface area contributed by atoms with E-state index in [1.54, 1.807) is 0 Å². The SMILES string of the molecule is O=S(=O)([O-])C(F)(F)C(F)(F)C(F)(F)C(F)(F)C(F)(F)C(F)(F)C(F)(F)C(F)(F)CCCC(F)(F)F.[Na+]. The maximum absolute atomic E-state index is 13.5. The van der Waals surface area contributed by atoms with E-state index in [0.717, 1.165) is 0 Å². The van der Waals surface area contributed by atoms with Crippen LogP contribution in [-0.2, 0) is 10.1 Å². The molecule has 0 amide bonds. The van der Waals surface area contributed by atoms with E-state index in [-0.39, 0.29) is 29.6 Å². The van der Waals surface area contributed by atoms with Crippen molar-refractivity contribution in [2.24, 2.45) is 0 Å². The molecule has 0 unspecified atom stereocenters. The molecule has 0 radical (unpaired) electrons. The molecule has 0 aromatic rings. The van der Waals surface area contributed by atoms with Gasteiger partial charge in [-0.1, -0.05) is 0 Å². The normalized spacial score (nSPS) is 16.1. The molecule has 0 saturated heterocycles. The van der Waals surface area contributed by atoms with Crippen molar-refractivity contribution >= 4 is 10.1 Å². The van der Waals surface area contributed by atoms with E-state index in [1.807, 2.05) is 0 Å². The minimum Gasteiger partial charge on any atom is -0.743 e. The summed E-state index contributed by atoms with van der Waals surface area (Å²) in [5, 5.41) is -8.00. The molecular weight excluding hydrogens is 608 g/mol. The third-order valence-corrected chi connectivity index (χ3v) is 4.95. The van der Waals surface area contributed by atoms with E-state index in [4.69, 9.17) is 0 Å². The van der Waals surface area contributed by atoms with Crippen molar-refractivity contribution in [3.05, 3.63) is 0 Å². The van der Waals surface area contributed by atoms with Gasteiger partial charge in [0.15, 0.2) is 10.1 Å². The van der Waals surface area contributed by atoms with Crippen LogP contribution in [0.2, 0.25) is 0 Å². The van der Waals surface area contributed by atoms with Gasteiger partial charge in [-0.15, -0.1) is 0 Å². The van der Waals surface area contributed by atoms with E-state index in [2.05, 4.69) is 0 Å². The Labute approximate surface area is 208 Å². The Morgan fingerprint density at radius 2 is 0.750 bits per heavy atom. The van der Waals surface area contributed by atoms with Crippen LogP contribution in [0.3, 0.4) is 0 Å². The van der Waals surface area contributed by atoms with E-state index < -0.39 is 82.3 Å². The van der Waals surface area contributed by atoms with E-state index in [0.29, 0.717) is 0 Å². The third kappa shape index (κ3) is 5.63. The molecule has 0 bridgehead atoms. The standard InChI is InChI=1S/C12H7F19O3S.Na/c13-4(14,2-1-3-5(15,16)17)6(18,19)7(20,21)8(22,23)9(24,25)10(26,27)11(28,29)12(30,31)35(32,33)34;/h1-3H2,(H,32,33,34);/q;+1/p-1. The van der Waals surface area contributed by atoms with Crippen LogP contribution in [0.1, 0.15) is 19.3 Å². The monoisotopic (exact) mass is 614 g/mol. The Hall–Kier alpha value is -0.420. The zero-order valence-electron chi connectivity index (χ0n) is 16.4. The molecule has 0 aromatic carbocycles. The van der Waals surface area contributed by atoms with Gasteiger partial charge < -0.3 is 4.55 Å². The van der Waals surface area contributed by atoms with Gasteiger partial charge in [0.1, 0.15) is 0 Å². The molecule has 0 aliphatic rings. The van der Waals surface area contributed by atoms with Crippen LogP contribution in [0.15, 0.2) is 0 Å². The zero-order chi connectivity index (χ0) is 29.1. The molecule has 0 heterocycles. The number of alkyl halides is 19. The molecule has 0 N–H and O–H groups in total. The van der Waals surface area contributed by atoms with Crippen LogP contribution in [0.4, 0.5) is 83.4 Å². The van der Waals surface area contributed by atoms with Crippen LogP contribution in [-0.4, -0.2) is 65.9 Å². The van der Waals surface area contributed by atoms with Crippen LogP contribution in [0.5, 0.6) is 0 Å². The molecule has 36 heavy (non-hydrogen) atoms. The summed E-state index contributed by atoms with van der Waals surface area (Å²) in [6.45, 7) is 0. The van der Waals surface area contributed by atoms with Crippen molar-refractivity contribution in [3.63, 3.8) is 0 Å². The van der Waals surface area contributed by atoms with E-state index in [1.165, 1.54) is 0 Å². The second-order valence-corrected chi connectivity index (χ2v) is 8.01. The fourth-order valence-electron chi connectivity index (χ4n) is 2.03. The molecule has 0 saturated carbocycles. The smallest absolute Gasteiger partial charge is 0.743 e. The summed E-state index contributed by atoms with van der Waals surface area (Å²) >= 11 is 0. The van der Waals surface area contributed by atoms with Gasteiger partial charge >= 0.3 is 82.4 Å². The average Bonchev–Trinajstić information content (AvgIpc) is 2.58. The molecule has 0 aliphatic heterocycles. The molecule has 0 spiro atoms. The van der Waals surface area contributed by atoms with Gasteiger partial charge in [-0.25, -0.2) is 8.42 Å². The molecule has 0 aromatic heterocycles. The predicted molar refractivity (Wildman–Crippen MR) is 69.2 cm³/mol. The molecule has 24 heteroatoms. The van der Waals surface area contributed by atoms with Crippen molar-refractivity contribution in [3.8, 4) is 0 Å². The Morgan fingerprint density at radius 3 is 1.03 bits per heavy atom. The van der Waals surface area contributed by atoms with E-state index in [9.17, 15) is 96.4 Å². The fraction of sp³-hybridized carbons (Fsp3) is 1.00.